The molecule has 0 unspecified atom stereocenters. The molecular weight excluding hydrogens is 108 g/mol. The van der Waals surface area contributed by atoms with Crippen molar-refractivity contribution in [1.82, 2.24) is 0 Å². The fourth-order valence-electron chi connectivity index (χ4n) is 1.32. The summed E-state index contributed by atoms with van der Waals surface area (Å²) in [6, 6.07) is 0. The quantitative estimate of drug-likeness (QED) is 0.368. The Bertz CT molecular complexity index is 167. The lowest BCUT2D eigenvalue weighted by atomic mass is 10.1. The minimum absolute atomic E-state index is 0.881. The normalized spacial score (nSPS) is 18.2. The first-order chi connectivity index (χ1) is 4.34. The first-order valence-corrected chi connectivity index (χ1v) is 3.45. The Morgan fingerprint density at radius 3 is 2.78 bits per heavy atom. The van der Waals surface area contributed by atoms with E-state index in [0.717, 1.165) is 6.42 Å². The number of rotatable bonds is 1. The third-order valence-electron chi connectivity index (χ3n) is 1.95. The van der Waals surface area contributed by atoms with E-state index < -0.39 is 0 Å². The van der Waals surface area contributed by atoms with Crippen LogP contribution < -0.4 is 0 Å². The van der Waals surface area contributed by atoms with Gasteiger partial charge < -0.3 is 0 Å². The third kappa shape index (κ3) is 1.36. The minimum Gasteiger partial charge on any atom is -0.120 e. The van der Waals surface area contributed by atoms with Gasteiger partial charge in [-0.15, -0.1) is 12.3 Å². The van der Waals surface area contributed by atoms with Crippen LogP contribution in [0.3, 0.4) is 0 Å². The molecule has 0 saturated carbocycles. The van der Waals surface area contributed by atoms with Gasteiger partial charge in [0, 0.05) is 6.42 Å². The molecule has 0 aromatic heterocycles. The van der Waals surface area contributed by atoms with Crippen molar-refractivity contribution in [2.45, 2.75) is 32.6 Å². The number of hydrogen-bond donors (Lipinski definition) is 0. The fraction of sp³-hybridized carbons (Fsp3) is 0.556. The first-order valence-electron chi connectivity index (χ1n) is 3.45. The van der Waals surface area contributed by atoms with Crippen LogP contribution in [0.15, 0.2) is 11.1 Å². The minimum atomic E-state index is 0.881. The van der Waals surface area contributed by atoms with Crippen molar-refractivity contribution in [2.24, 2.45) is 0 Å². The predicted molar refractivity (Wildman–Crippen MR) is 40.0 cm³/mol. The standard InChI is InChI=1S/C9H12/c1-3-5-9-7-4-6-8(9)2/h1H,4-7H2,2H3. The highest BCUT2D eigenvalue weighted by atomic mass is 14.1. The average Bonchev–Trinajstić information content (AvgIpc) is 2.18. The van der Waals surface area contributed by atoms with Crippen LogP contribution in [0.5, 0.6) is 0 Å². The molecule has 48 valence electrons. The third-order valence-corrected chi connectivity index (χ3v) is 1.95. The monoisotopic (exact) mass is 120 g/mol. The van der Waals surface area contributed by atoms with Gasteiger partial charge in [-0.25, -0.2) is 0 Å². The zero-order valence-corrected chi connectivity index (χ0v) is 5.91. The second-order valence-corrected chi connectivity index (χ2v) is 2.62. The van der Waals surface area contributed by atoms with Gasteiger partial charge in [-0.05, 0) is 26.2 Å². The molecule has 1 rings (SSSR count). The molecule has 0 heteroatoms. The molecular formula is C9H12. The first kappa shape index (κ1) is 6.42. The zero-order chi connectivity index (χ0) is 6.69. The van der Waals surface area contributed by atoms with Crippen LogP contribution in [0.25, 0.3) is 0 Å². The maximum Gasteiger partial charge on any atom is 0.0299 e. The molecule has 0 aromatic carbocycles. The summed E-state index contributed by atoms with van der Waals surface area (Å²) < 4.78 is 0. The topological polar surface area (TPSA) is 0 Å². The highest BCUT2D eigenvalue weighted by Gasteiger charge is 2.07. The van der Waals surface area contributed by atoms with E-state index in [1.807, 2.05) is 0 Å². The summed E-state index contributed by atoms with van der Waals surface area (Å²) in [5.41, 5.74) is 3.05. The molecule has 0 saturated heterocycles. The summed E-state index contributed by atoms with van der Waals surface area (Å²) in [6.45, 7) is 2.19. The lowest BCUT2D eigenvalue weighted by Crippen LogP contribution is -1.76. The van der Waals surface area contributed by atoms with Crippen LogP contribution in [0.2, 0.25) is 0 Å². The van der Waals surface area contributed by atoms with Gasteiger partial charge in [-0.2, -0.15) is 0 Å². The molecule has 9 heavy (non-hydrogen) atoms. The molecule has 0 amide bonds. The van der Waals surface area contributed by atoms with Gasteiger partial charge in [0.25, 0.3) is 0 Å². The van der Waals surface area contributed by atoms with Crippen LogP contribution in [-0.4, -0.2) is 0 Å². The molecule has 0 aliphatic heterocycles. The second-order valence-electron chi connectivity index (χ2n) is 2.62. The van der Waals surface area contributed by atoms with E-state index in [2.05, 4.69) is 12.8 Å². The SMILES string of the molecule is C#CCC1=C(C)CCC1. The van der Waals surface area contributed by atoms with Crippen molar-refractivity contribution in [3.63, 3.8) is 0 Å². The predicted octanol–water partition coefficient (Wildman–Crippen LogP) is 2.51. The van der Waals surface area contributed by atoms with Gasteiger partial charge in [0.1, 0.15) is 0 Å². The molecule has 0 N–H and O–H groups in total. The van der Waals surface area contributed by atoms with Gasteiger partial charge in [0.2, 0.25) is 0 Å². The molecule has 1 aliphatic carbocycles. The maximum atomic E-state index is 5.19. The maximum absolute atomic E-state index is 5.19. The average molecular weight is 120 g/mol. The van der Waals surface area contributed by atoms with Crippen molar-refractivity contribution >= 4 is 0 Å². The van der Waals surface area contributed by atoms with Crippen LogP contribution in [0.1, 0.15) is 32.6 Å². The van der Waals surface area contributed by atoms with E-state index in [9.17, 15) is 0 Å². The van der Waals surface area contributed by atoms with E-state index in [1.165, 1.54) is 30.4 Å². The Balaban J connectivity index is 2.58. The van der Waals surface area contributed by atoms with Gasteiger partial charge >= 0.3 is 0 Å². The van der Waals surface area contributed by atoms with E-state index in [1.54, 1.807) is 0 Å². The summed E-state index contributed by atoms with van der Waals surface area (Å²) in [6.07, 6.45) is 9.91. The van der Waals surface area contributed by atoms with Crippen molar-refractivity contribution in [3.8, 4) is 12.3 Å². The molecule has 0 nitrogen and oxygen atoms in total. The van der Waals surface area contributed by atoms with Crippen LogP contribution in [-0.2, 0) is 0 Å². The summed E-state index contributed by atoms with van der Waals surface area (Å²) in [7, 11) is 0. The summed E-state index contributed by atoms with van der Waals surface area (Å²) in [5, 5.41) is 0. The molecule has 0 aromatic rings. The molecule has 0 fully saturated rings. The Kier molecular flexibility index (Phi) is 1.95. The van der Waals surface area contributed by atoms with Crippen LogP contribution in [0, 0.1) is 12.3 Å². The van der Waals surface area contributed by atoms with Crippen molar-refractivity contribution in [3.05, 3.63) is 11.1 Å². The Labute approximate surface area is 57.0 Å². The number of hydrogen-bond acceptors (Lipinski definition) is 0. The molecule has 0 heterocycles. The highest BCUT2D eigenvalue weighted by Crippen LogP contribution is 2.26. The second kappa shape index (κ2) is 2.73. The Morgan fingerprint density at radius 2 is 2.33 bits per heavy atom. The Morgan fingerprint density at radius 1 is 1.56 bits per heavy atom. The van der Waals surface area contributed by atoms with Crippen molar-refractivity contribution in [2.75, 3.05) is 0 Å². The number of terminal acetylenes is 1. The van der Waals surface area contributed by atoms with Gasteiger partial charge in [0.15, 0.2) is 0 Å². The largest absolute Gasteiger partial charge is 0.120 e. The number of allylic oxidation sites excluding steroid dienone is 2. The molecule has 0 radical (unpaired) electrons. The molecule has 0 bridgehead atoms. The molecule has 0 spiro atoms. The van der Waals surface area contributed by atoms with Gasteiger partial charge in [-0.1, -0.05) is 11.1 Å². The zero-order valence-electron chi connectivity index (χ0n) is 5.91. The Hall–Kier alpha value is -0.700. The van der Waals surface area contributed by atoms with Crippen molar-refractivity contribution in [1.29, 1.82) is 0 Å². The summed E-state index contributed by atoms with van der Waals surface area (Å²) in [4.78, 5) is 0. The summed E-state index contributed by atoms with van der Waals surface area (Å²) >= 11 is 0. The van der Waals surface area contributed by atoms with Gasteiger partial charge in [0.05, 0.1) is 0 Å². The lowest BCUT2D eigenvalue weighted by molar-refractivity contribution is 0.886. The summed E-state index contributed by atoms with van der Waals surface area (Å²) in [5.74, 6) is 2.68. The van der Waals surface area contributed by atoms with E-state index in [-0.39, 0.29) is 0 Å². The van der Waals surface area contributed by atoms with Crippen LogP contribution >= 0.6 is 0 Å². The molecule has 0 atom stereocenters. The molecule has 1 aliphatic rings. The fourth-order valence-corrected chi connectivity index (χ4v) is 1.32. The smallest absolute Gasteiger partial charge is 0.0299 e. The lowest BCUT2D eigenvalue weighted by Gasteiger charge is -1.94. The van der Waals surface area contributed by atoms with Crippen LogP contribution in [0.4, 0.5) is 0 Å². The van der Waals surface area contributed by atoms with E-state index >= 15 is 0 Å². The van der Waals surface area contributed by atoms with Gasteiger partial charge in [-0.3, -0.25) is 0 Å². The van der Waals surface area contributed by atoms with E-state index in [0.29, 0.717) is 0 Å². The van der Waals surface area contributed by atoms with Crippen molar-refractivity contribution < 1.29 is 0 Å². The van der Waals surface area contributed by atoms with E-state index in [4.69, 9.17) is 6.42 Å². The highest BCUT2D eigenvalue weighted by molar-refractivity contribution is 5.21.